The third-order valence-corrected chi connectivity index (χ3v) is 3.83. The lowest BCUT2D eigenvalue weighted by Gasteiger charge is -2.07. The average Bonchev–Trinajstić information content (AvgIpc) is 2.68. The molecule has 0 unspecified atom stereocenters. The molecule has 0 atom stereocenters. The van der Waals surface area contributed by atoms with E-state index in [-0.39, 0.29) is 18.1 Å². The van der Waals surface area contributed by atoms with Crippen LogP contribution >= 0.6 is 0 Å². The monoisotopic (exact) mass is 386 g/mol. The number of hydrogen-bond acceptors (Lipinski definition) is 3. The number of ether oxygens (including phenoxy) is 1. The van der Waals surface area contributed by atoms with Gasteiger partial charge < -0.3 is 4.74 Å². The molecule has 0 N–H and O–H groups in total. The van der Waals surface area contributed by atoms with Crippen molar-refractivity contribution >= 4 is 11.3 Å². The first-order valence-electron chi connectivity index (χ1n) is 8.65. The minimum absolute atomic E-state index is 0.126. The molecule has 1 heterocycles. The van der Waals surface area contributed by atoms with Gasteiger partial charge in [0, 0.05) is 30.0 Å². The molecule has 0 amide bonds. The van der Waals surface area contributed by atoms with Crippen molar-refractivity contribution < 1.29 is 17.9 Å². The van der Waals surface area contributed by atoms with Gasteiger partial charge in [-0.05, 0) is 31.6 Å². The number of hydrogen-bond donors (Lipinski definition) is 0. The predicted molar refractivity (Wildman–Crippen MR) is 106 cm³/mol. The van der Waals surface area contributed by atoms with Crippen molar-refractivity contribution in [2.45, 2.75) is 20.3 Å². The summed E-state index contributed by atoms with van der Waals surface area (Å²) in [7, 11) is 0. The quantitative estimate of drug-likeness (QED) is 0.418. The fourth-order valence-electron chi connectivity index (χ4n) is 2.37. The number of halogens is 3. The standard InChI is InChI=1S/C22H21F3N2O/c1-4-16(19-7-6-8-20(24)22(19)25)10-9-15(3)27-18(5-2)14-28-21-13-17(23)11-12-26-21/h4-8,10-13H,1,9,14H2,2-3H3/b16-10+,18-5-,27-15?. The van der Waals surface area contributed by atoms with E-state index in [9.17, 15) is 13.2 Å². The zero-order valence-electron chi connectivity index (χ0n) is 15.8. The Morgan fingerprint density at radius 3 is 2.71 bits per heavy atom. The van der Waals surface area contributed by atoms with Gasteiger partial charge in [0.1, 0.15) is 12.4 Å². The van der Waals surface area contributed by atoms with Gasteiger partial charge in [-0.3, -0.25) is 4.99 Å². The maximum atomic E-state index is 14.0. The van der Waals surface area contributed by atoms with Gasteiger partial charge in [-0.2, -0.15) is 0 Å². The Hall–Kier alpha value is -3.15. The van der Waals surface area contributed by atoms with Crippen LogP contribution in [-0.4, -0.2) is 17.3 Å². The first-order chi connectivity index (χ1) is 13.4. The van der Waals surface area contributed by atoms with Crippen LogP contribution in [0.5, 0.6) is 5.88 Å². The van der Waals surface area contributed by atoms with E-state index in [1.54, 1.807) is 12.2 Å². The maximum Gasteiger partial charge on any atom is 0.216 e. The van der Waals surface area contributed by atoms with Crippen molar-refractivity contribution in [1.29, 1.82) is 0 Å². The fourth-order valence-corrected chi connectivity index (χ4v) is 2.37. The van der Waals surface area contributed by atoms with Crippen molar-refractivity contribution in [3.63, 3.8) is 0 Å². The Morgan fingerprint density at radius 1 is 1.25 bits per heavy atom. The van der Waals surface area contributed by atoms with E-state index in [1.807, 2.05) is 13.8 Å². The molecule has 2 aromatic rings. The summed E-state index contributed by atoms with van der Waals surface area (Å²) in [5, 5.41) is 0. The number of aromatic nitrogens is 1. The summed E-state index contributed by atoms with van der Waals surface area (Å²) in [6.07, 6.45) is 6.70. The molecule has 3 nitrogen and oxygen atoms in total. The van der Waals surface area contributed by atoms with E-state index in [0.29, 0.717) is 17.7 Å². The molecule has 146 valence electrons. The third kappa shape index (κ3) is 5.94. The second-order valence-electron chi connectivity index (χ2n) is 5.90. The van der Waals surface area contributed by atoms with Gasteiger partial charge >= 0.3 is 0 Å². The van der Waals surface area contributed by atoms with Gasteiger partial charge in [0.2, 0.25) is 5.88 Å². The Kier molecular flexibility index (Phi) is 7.75. The highest BCUT2D eigenvalue weighted by molar-refractivity contribution is 5.87. The molecule has 2 rings (SSSR count). The highest BCUT2D eigenvalue weighted by Crippen LogP contribution is 2.22. The van der Waals surface area contributed by atoms with Gasteiger partial charge in [0.25, 0.3) is 0 Å². The average molecular weight is 386 g/mol. The molecule has 0 aliphatic heterocycles. The van der Waals surface area contributed by atoms with E-state index in [2.05, 4.69) is 16.6 Å². The molecule has 0 saturated heterocycles. The summed E-state index contributed by atoms with van der Waals surface area (Å²) < 4.78 is 46.0. The molecule has 1 aromatic carbocycles. The zero-order chi connectivity index (χ0) is 20.5. The van der Waals surface area contributed by atoms with Gasteiger partial charge in [0.05, 0.1) is 5.70 Å². The molecule has 0 bridgehead atoms. The first-order valence-corrected chi connectivity index (χ1v) is 8.65. The minimum Gasteiger partial charge on any atom is -0.471 e. The molecule has 0 fully saturated rings. The Labute approximate surface area is 162 Å². The van der Waals surface area contributed by atoms with Crippen LogP contribution < -0.4 is 4.74 Å². The molecule has 0 aliphatic rings. The lowest BCUT2D eigenvalue weighted by Crippen LogP contribution is -2.03. The van der Waals surface area contributed by atoms with Crippen molar-refractivity contribution in [2.24, 2.45) is 4.99 Å². The number of benzene rings is 1. The van der Waals surface area contributed by atoms with Crippen LogP contribution in [0.3, 0.4) is 0 Å². The lowest BCUT2D eigenvalue weighted by molar-refractivity contribution is 0.334. The highest BCUT2D eigenvalue weighted by atomic mass is 19.2. The summed E-state index contributed by atoms with van der Waals surface area (Å²) in [6, 6.07) is 6.43. The van der Waals surface area contributed by atoms with Crippen molar-refractivity contribution in [1.82, 2.24) is 4.98 Å². The molecule has 0 aliphatic carbocycles. The van der Waals surface area contributed by atoms with Gasteiger partial charge in [0.15, 0.2) is 11.6 Å². The second kappa shape index (κ2) is 10.3. The topological polar surface area (TPSA) is 34.5 Å². The smallest absolute Gasteiger partial charge is 0.216 e. The fraction of sp³-hybridized carbons (Fsp3) is 0.182. The van der Waals surface area contributed by atoms with Gasteiger partial charge in [-0.15, -0.1) is 0 Å². The molecule has 0 spiro atoms. The van der Waals surface area contributed by atoms with E-state index in [4.69, 9.17) is 4.74 Å². The number of aliphatic imine (C=N–C) groups is 1. The molecular formula is C22H21F3N2O. The van der Waals surface area contributed by atoms with Gasteiger partial charge in [-0.25, -0.2) is 18.2 Å². The summed E-state index contributed by atoms with van der Waals surface area (Å²) in [4.78, 5) is 8.38. The number of nitrogens with zero attached hydrogens (tertiary/aromatic N) is 2. The highest BCUT2D eigenvalue weighted by Gasteiger charge is 2.10. The van der Waals surface area contributed by atoms with Crippen molar-refractivity contribution in [3.8, 4) is 5.88 Å². The number of rotatable bonds is 8. The number of allylic oxidation sites excluding steroid dienone is 4. The van der Waals surface area contributed by atoms with Crippen LogP contribution in [0.4, 0.5) is 13.2 Å². The van der Waals surface area contributed by atoms with Crippen LogP contribution in [0.15, 0.2) is 72.0 Å². The molecule has 0 radical (unpaired) electrons. The van der Waals surface area contributed by atoms with Crippen LogP contribution in [0, 0.1) is 17.5 Å². The summed E-state index contributed by atoms with van der Waals surface area (Å²) in [6.45, 7) is 7.41. The Morgan fingerprint density at radius 2 is 2.04 bits per heavy atom. The van der Waals surface area contributed by atoms with Crippen molar-refractivity contribution in [2.75, 3.05) is 6.61 Å². The first kappa shape index (κ1) is 21.2. The third-order valence-electron chi connectivity index (χ3n) is 3.83. The van der Waals surface area contributed by atoms with E-state index in [0.717, 1.165) is 11.8 Å². The van der Waals surface area contributed by atoms with Crippen LogP contribution in [0.25, 0.3) is 5.57 Å². The van der Waals surface area contributed by atoms with Gasteiger partial charge in [-0.1, -0.05) is 36.9 Å². The molecule has 28 heavy (non-hydrogen) atoms. The van der Waals surface area contributed by atoms with E-state index >= 15 is 0 Å². The molecule has 0 saturated carbocycles. The summed E-state index contributed by atoms with van der Waals surface area (Å²) >= 11 is 0. The predicted octanol–water partition coefficient (Wildman–Crippen LogP) is 5.90. The number of pyridine rings is 1. The zero-order valence-corrected chi connectivity index (χ0v) is 15.8. The van der Waals surface area contributed by atoms with E-state index < -0.39 is 17.5 Å². The van der Waals surface area contributed by atoms with E-state index in [1.165, 1.54) is 36.5 Å². The summed E-state index contributed by atoms with van der Waals surface area (Å²) in [5.41, 5.74) is 2.00. The second-order valence-corrected chi connectivity index (χ2v) is 5.90. The SMILES string of the molecule is C=C/C(=C\CC(C)=N/C(=C\C)COc1cc(F)ccn1)c1cccc(F)c1F. The summed E-state index contributed by atoms with van der Waals surface area (Å²) in [5.74, 6) is -2.08. The lowest BCUT2D eigenvalue weighted by atomic mass is 10.0. The minimum atomic E-state index is -0.909. The maximum absolute atomic E-state index is 14.0. The van der Waals surface area contributed by atoms with Crippen LogP contribution in [-0.2, 0) is 0 Å². The Bertz CT molecular complexity index is 933. The largest absolute Gasteiger partial charge is 0.471 e. The molecular weight excluding hydrogens is 365 g/mol. The Balaban J connectivity index is 2.07. The van der Waals surface area contributed by atoms with Crippen molar-refractivity contribution in [3.05, 3.63) is 90.0 Å². The normalized spacial score (nSPS) is 12.8. The molecule has 6 heteroatoms. The molecule has 1 aromatic heterocycles. The van der Waals surface area contributed by atoms with Crippen LogP contribution in [0.1, 0.15) is 25.8 Å². The van der Waals surface area contributed by atoms with Crippen LogP contribution in [0.2, 0.25) is 0 Å².